The number of aromatic nitrogens is 2. The normalized spacial score (nSPS) is 16.2. The Morgan fingerprint density at radius 1 is 1.05 bits per heavy atom. The summed E-state index contributed by atoms with van der Waals surface area (Å²) in [6.45, 7) is 0. The van der Waals surface area contributed by atoms with Gasteiger partial charge in [-0.3, -0.25) is 0 Å². The van der Waals surface area contributed by atoms with Crippen LogP contribution in [0, 0.1) is 0 Å². The van der Waals surface area contributed by atoms with Gasteiger partial charge in [-0.25, -0.2) is 14.3 Å². The maximum atomic E-state index is 11.8. The van der Waals surface area contributed by atoms with Crippen LogP contribution in [0.5, 0.6) is 0 Å². The molecule has 0 radical (unpaired) electrons. The number of anilines is 2. The minimum Gasteiger partial charge on any atom is -0.382 e. The van der Waals surface area contributed by atoms with Crippen molar-refractivity contribution >= 4 is 27.7 Å². The van der Waals surface area contributed by atoms with Gasteiger partial charge in [0.05, 0.1) is 0 Å². The van der Waals surface area contributed by atoms with Crippen LogP contribution >= 0.6 is 0 Å². The summed E-state index contributed by atoms with van der Waals surface area (Å²) in [6, 6.07) is 9.18. The van der Waals surface area contributed by atoms with Crippen molar-refractivity contribution in [3.8, 4) is 11.3 Å². The van der Waals surface area contributed by atoms with Gasteiger partial charge < -0.3 is 11.5 Å². The summed E-state index contributed by atoms with van der Waals surface area (Å²) in [5, 5.41) is 0. The molecule has 21 heavy (non-hydrogen) atoms. The van der Waals surface area contributed by atoms with E-state index in [-0.39, 0.29) is 23.2 Å². The van der Waals surface area contributed by atoms with E-state index < -0.39 is 10.2 Å². The fourth-order valence-electron chi connectivity index (χ4n) is 1.98. The third-order valence-corrected chi connectivity index (χ3v) is 4.34. The lowest BCUT2D eigenvalue weighted by Crippen LogP contribution is -2.36. The summed E-state index contributed by atoms with van der Waals surface area (Å²) in [5.74, 6) is -0.0100. The molecule has 2 heterocycles. The average molecular weight is 304 g/mol. The topological polar surface area (TPSA) is 128 Å². The Morgan fingerprint density at radius 3 is 2.38 bits per heavy atom. The van der Waals surface area contributed by atoms with Crippen molar-refractivity contribution in [3.63, 3.8) is 0 Å². The molecule has 0 fully saturated rings. The van der Waals surface area contributed by atoms with E-state index in [1.165, 1.54) is 7.05 Å². The second kappa shape index (κ2) is 4.42. The first kappa shape index (κ1) is 13.3. The molecular weight excluding hydrogens is 292 g/mol. The third-order valence-electron chi connectivity index (χ3n) is 3.05. The standard InChI is InChI=1S/C12H12N6O2S/c1-18-12-9(11(14)17-21(18,19)20)15-8(10(13)16-12)7-5-3-2-4-6-7/h2-6H,1H3,(H2,13,16)(H2,14,17). The highest BCUT2D eigenvalue weighted by Crippen LogP contribution is 2.30. The first-order valence-corrected chi connectivity index (χ1v) is 7.37. The number of nitrogens with zero attached hydrogens (tertiary/aromatic N) is 4. The lowest BCUT2D eigenvalue weighted by Gasteiger charge is -2.23. The predicted molar refractivity (Wildman–Crippen MR) is 79.9 cm³/mol. The monoisotopic (exact) mass is 304 g/mol. The molecule has 1 aliphatic rings. The van der Waals surface area contributed by atoms with Gasteiger partial charge in [-0.15, -0.1) is 4.40 Å². The van der Waals surface area contributed by atoms with Crippen molar-refractivity contribution < 1.29 is 8.42 Å². The Hall–Kier alpha value is -2.68. The number of fused-ring (bicyclic) bond motifs is 1. The molecule has 0 bridgehead atoms. The van der Waals surface area contributed by atoms with Crippen molar-refractivity contribution in [2.45, 2.75) is 0 Å². The molecule has 108 valence electrons. The second-order valence-corrected chi connectivity index (χ2v) is 6.04. The van der Waals surface area contributed by atoms with Crippen molar-refractivity contribution in [3.05, 3.63) is 36.0 Å². The molecule has 0 aliphatic carbocycles. The maximum absolute atomic E-state index is 11.8. The molecule has 0 saturated heterocycles. The van der Waals surface area contributed by atoms with E-state index in [0.29, 0.717) is 5.69 Å². The number of hydrogen-bond acceptors (Lipinski definition) is 6. The highest BCUT2D eigenvalue weighted by Gasteiger charge is 2.31. The van der Waals surface area contributed by atoms with Crippen LogP contribution in [0.25, 0.3) is 11.3 Å². The molecule has 8 nitrogen and oxygen atoms in total. The van der Waals surface area contributed by atoms with Crippen molar-refractivity contribution in [2.24, 2.45) is 10.1 Å². The number of nitrogen functional groups attached to an aromatic ring is 1. The molecule has 0 unspecified atom stereocenters. The zero-order valence-corrected chi connectivity index (χ0v) is 11.9. The summed E-state index contributed by atoms with van der Waals surface area (Å²) < 4.78 is 27.9. The lowest BCUT2D eigenvalue weighted by molar-refractivity contribution is 0.595. The largest absolute Gasteiger partial charge is 0.382 e. The van der Waals surface area contributed by atoms with Crippen LogP contribution in [-0.4, -0.2) is 31.3 Å². The van der Waals surface area contributed by atoms with Crippen LogP contribution in [0.4, 0.5) is 11.6 Å². The van der Waals surface area contributed by atoms with Gasteiger partial charge >= 0.3 is 10.2 Å². The highest BCUT2D eigenvalue weighted by molar-refractivity contribution is 7.91. The Morgan fingerprint density at radius 2 is 1.71 bits per heavy atom. The molecular formula is C12H12N6O2S. The van der Waals surface area contributed by atoms with E-state index >= 15 is 0 Å². The first-order valence-electron chi connectivity index (χ1n) is 5.98. The van der Waals surface area contributed by atoms with Crippen LogP contribution in [0.15, 0.2) is 34.7 Å². The number of benzene rings is 1. The van der Waals surface area contributed by atoms with E-state index in [2.05, 4.69) is 14.4 Å². The summed E-state index contributed by atoms with van der Waals surface area (Å²) in [7, 11) is -2.56. The molecule has 1 aromatic heterocycles. The van der Waals surface area contributed by atoms with Gasteiger partial charge in [0, 0.05) is 12.6 Å². The highest BCUT2D eigenvalue weighted by atomic mass is 32.2. The molecule has 9 heteroatoms. The van der Waals surface area contributed by atoms with E-state index in [1.54, 1.807) is 0 Å². The summed E-state index contributed by atoms with van der Waals surface area (Å²) in [5.41, 5.74) is 13.0. The number of hydrogen-bond donors (Lipinski definition) is 2. The second-order valence-electron chi connectivity index (χ2n) is 4.42. The molecule has 0 spiro atoms. The molecule has 2 aromatic rings. The van der Waals surface area contributed by atoms with Crippen LogP contribution in [0.3, 0.4) is 0 Å². The van der Waals surface area contributed by atoms with Crippen LogP contribution in [-0.2, 0) is 10.2 Å². The Labute approximate surface area is 121 Å². The van der Waals surface area contributed by atoms with Gasteiger partial charge in [0.15, 0.2) is 23.2 Å². The van der Waals surface area contributed by atoms with Crippen LogP contribution in [0.2, 0.25) is 0 Å². The lowest BCUT2D eigenvalue weighted by atomic mass is 10.1. The number of nitrogens with two attached hydrogens (primary N) is 2. The van der Waals surface area contributed by atoms with Gasteiger partial charge in [0.1, 0.15) is 5.69 Å². The van der Waals surface area contributed by atoms with Crippen LogP contribution < -0.4 is 15.8 Å². The molecule has 4 N–H and O–H groups in total. The minimum atomic E-state index is -3.88. The van der Waals surface area contributed by atoms with Gasteiger partial charge in [-0.05, 0) is 0 Å². The molecule has 3 rings (SSSR count). The van der Waals surface area contributed by atoms with Crippen LogP contribution in [0.1, 0.15) is 5.69 Å². The zero-order chi connectivity index (χ0) is 15.2. The van der Waals surface area contributed by atoms with Crippen molar-refractivity contribution in [1.82, 2.24) is 9.97 Å². The van der Waals surface area contributed by atoms with Crippen molar-refractivity contribution in [2.75, 3.05) is 17.1 Å². The predicted octanol–water partition coefficient (Wildman–Crippen LogP) is 0.126. The minimum absolute atomic E-state index is 0.0691. The van der Waals surface area contributed by atoms with E-state index in [1.807, 2.05) is 30.3 Å². The molecule has 0 atom stereocenters. The Kier molecular flexibility index (Phi) is 2.80. The average Bonchev–Trinajstić information content (AvgIpc) is 2.45. The van der Waals surface area contributed by atoms with Gasteiger partial charge in [-0.2, -0.15) is 8.42 Å². The first-order chi connectivity index (χ1) is 9.90. The van der Waals surface area contributed by atoms with E-state index in [9.17, 15) is 8.42 Å². The Balaban J connectivity index is 2.26. The van der Waals surface area contributed by atoms with Gasteiger partial charge in [-0.1, -0.05) is 30.3 Å². The smallest absolute Gasteiger partial charge is 0.347 e. The summed E-state index contributed by atoms with van der Waals surface area (Å²) in [6.07, 6.45) is 0. The molecule has 1 aliphatic heterocycles. The summed E-state index contributed by atoms with van der Waals surface area (Å²) >= 11 is 0. The van der Waals surface area contributed by atoms with E-state index in [4.69, 9.17) is 11.5 Å². The number of rotatable bonds is 1. The zero-order valence-electron chi connectivity index (χ0n) is 11.1. The Bertz CT molecular complexity index is 848. The maximum Gasteiger partial charge on any atom is 0.347 e. The third kappa shape index (κ3) is 2.07. The quantitative estimate of drug-likeness (QED) is 0.770. The molecule has 0 saturated carbocycles. The van der Waals surface area contributed by atoms with Gasteiger partial charge in [0.2, 0.25) is 0 Å². The van der Waals surface area contributed by atoms with Gasteiger partial charge in [0.25, 0.3) is 0 Å². The molecule has 0 amide bonds. The fourth-order valence-corrected chi connectivity index (χ4v) is 2.78. The fraction of sp³-hybridized carbons (Fsp3) is 0.0833. The number of amidine groups is 1. The SMILES string of the molecule is CN1c2nc(N)c(-c3ccccc3)nc2C(N)=NS1(=O)=O. The summed E-state index contributed by atoms with van der Waals surface area (Å²) in [4.78, 5) is 8.45. The molecule has 1 aromatic carbocycles. The van der Waals surface area contributed by atoms with Crippen molar-refractivity contribution in [1.29, 1.82) is 0 Å². The van der Waals surface area contributed by atoms with E-state index in [0.717, 1.165) is 9.87 Å².